The van der Waals surface area contributed by atoms with Crippen LogP contribution in [0, 0.1) is 11.8 Å². The number of nitrogens with one attached hydrogen (secondary N) is 1. The molecular weight excluding hydrogens is 589 g/mol. The third kappa shape index (κ3) is 32.0. The number of aliphatic hydroxyl groups is 2. The van der Waals surface area contributed by atoms with Gasteiger partial charge in [-0.25, -0.2) is 8.42 Å². The van der Waals surface area contributed by atoms with Crippen molar-refractivity contribution in [2.75, 3.05) is 6.61 Å². The summed E-state index contributed by atoms with van der Waals surface area (Å²) in [6.07, 6.45) is 24.2. The summed E-state index contributed by atoms with van der Waals surface area (Å²) < 4.78 is 37.2. The van der Waals surface area contributed by atoms with E-state index in [0.29, 0.717) is 6.42 Å². The molecule has 0 radical (unpaired) electrons. The van der Waals surface area contributed by atoms with Crippen molar-refractivity contribution in [3.63, 3.8) is 0 Å². The molecule has 10 heteroatoms. The molecule has 0 saturated carbocycles. The predicted molar refractivity (Wildman–Crippen MR) is 175 cm³/mol. The Labute approximate surface area is 293 Å². The standard InChI is InChI=1S/C34H67NO7S.Na/c1-29(2)24-20-16-12-8-6-5-7-9-14-18-22-26-32(36)31(28-42-43(39,40)41)35-34(38)33(37)27-23-19-15-11-10-13-17-21-25-30(3)4;/h22,26,29-33,36-37H,5-21,23-25,27-28H2,1-4H3,(H,35,38)(H,39,40,41);/q;+1/p-1/b26-22+;/t31-,32-,33-;/m1./s1. The van der Waals surface area contributed by atoms with Gasteiger partial charge in [-0.1, -0.05) is 155 Å². The minimum absolute atomic E-state index is 0. The minimum atomic E-state index is -4.99. The molecule has 0 saturated heterocycles. The van der Waals surface area contributed by atoms with Crippen molar-refractivity contribution in [2.24, 2.45) is 11.8 Å². The van der Waals surface area contributed by atoms with Gasteiger partial charge in [0.2, 0.25) is 16.3 Å². The molecule has 0 heterocycles. The summed E-state index contributed by atoms with van der Waals surface area (Å²) >= 11 is 0. The number of allylic oxidation sites excluding steroid dienone is 1. The van der Waals surface area contributed by atoms with Crippen LogP contribution in [0.25, 0.3) is 0 Å². The fourth-order valence-corrected chi connectivity index (χ4v) is 5.48. The molecule has 44 heavy (non-hydrogen) atoms. The van der Waals surface area contributed by atoms with Crippen LogP contribution >= 0.6 is 0 Å². The van der Waals surface area contributed by atoms with E-state index in [0.717, 1.165) is 50.4 Å². The van der Waals surface area contributed by atoms with E-state index in [1.54, 1.807) is 6.08 Å². The van der Waals surface area contributed by atoms with Gasteiger partial charge in [0.1, 0.15) is 6.10 Å². The smallest absolute Gasteiger partial charge is 0.726 e. The van der Waals surface area contributed by atoms with Crippen LogP contribution in [0.5, 0.6) is 0 Å². The number of amides is 1. The van der Waals surface area contributed by atoms with Gasteiger partial charge in [-0.05, 0) is 31.1 Å². The first-order valence-corrected chi connectivity index (χ1v) is 18.7. The summed E-state index contributed by atoms with van der Waals surface area (Å²) in [7, 11) is -4.99. The van der Waals surface area contributed by atoms with Crippen LogP contribution in [0.3, 0.4) is 0 Å². The molecule has 3 N–H and O–H groups in total. The van der Waals surface area contributed by atoms with Crippen molar-refractivity contribution in [3.05, 3.63) is 12.2 Å². The van der Waals surface area contributed by atoms with E-state index in [-0.39, 0.29) is 36.0 Å². The minimum Gasteiger partial charge on any atom is -0.726 e. The zero-order valence-electron chi connectivity index (χ0n) is 28.9. The van der Waals surface area contributed by atoms with E-state index < -0.39 is 41.2 Å². The first kappa shape index (κ1) is 46.1. The van der Waals surface area contributed by atoms with Crippen molar-refractivity contribution in [2.45, 2.75) is 181 Å². The monoisotopic (exact) mass is 655 g/mol. The fraction of sp³-hybridized carbons (Fsp3) is 0.912. The molecule has 1 amide bonds. The van der Waals surface area contributed by atoms with Crippen molar-refractivity contribution < 1.29 is 61.7 Å². The molecule has 3 atom stereocenters. The van der Waals surface area contributed by atoms with Crippen molar-refractivity contribution >= 4 is 16.3 Å². The molecule has 0 fully saturated rings. The number of hydrogen-bond acceptors (Lipinski definition) is 7. The summed E-state index contributed by atoms with van der Waals surface area (Å²) in [5.41, 5.74) is 0. The number of unbranched alkanes of at least 4 members (excludes halogenated alkanes) is 16. The van der Waals surface area contributed by atoms with Gasteiger partial charge in [-0.2, -0.15) is 0 Å². The Balaban J connectivity index is 0. The van der Waals surface area contributed by atoms with Gasteiger partial charge in [0, 0.05) is 0 Å². The Morgan fingerprint density at radius 1 is 0.705 bits per heavy atom. The predicted octanol–water partition coefficient (Wildman–Crippen LogP) is 4.73. The van der Waals surface area contributed by atoms with Gasteiger partial charge >= 0.3 is 29.6 Å². The molecule has 0 unspecified atom stereocenters. The third-order valence-corrected chi connectivity index (χ3v) is 8.35. The zero-order chi connectivity index (χ0) is 32.3. The molecule has 8 nitrogen and oxygen atoms in total. The van der Waals surface area contributed by atoms with E-state index >= 15 is 0 Å². The Kier molecular flexibility index (Phi) is 31.8. The zero-order valence-corrected chi connectivity index (χ0v) is 31.8. The van der Waals surface area contributed by atoms with Gasteiger partial charge < -0.3 is 20.1 Å². The van der Waals surface area contributed by atoms with E-state index in [1.807, 2.05) is 0 Å². The van der Waals surface area contributed by atoms with Gasteiger partial charge in [0.25, 0.3) is 0 Å². The quantitative estimate of drug-likeness (QED) is 0.0335. The van der Waals surface area contributed by atoms with Crippen LogP contribution in [0.15, 0.2) is 12.2 Å². The summed E-state index contributed by atoms with van der Waals surface area (Å²) in [6, 6.07) is -1.17. The second-order valence-corrected chi connectivity index (χ2v) is 14.2. The maximum Gasteiger partial charge on any atom is 1.00 e. The molecule has 0 aromatic heterocycles. The topological polar surface area (TPSA) is 136 Å². The first-order valence-electron chi connectivity index (χ1n) is 17.4. The van der Waals surface area contributed by atoms with Crippen LogP contribution in [0.1, 0.15) is 163 Å². The van der Waals surface area contributed by atoms with Crippen LogP contribution in [-0.4, -0.2) is 53.9 Å². The number of carbonyl (C=O) groups excluding carboxylic acids is 1. The van der Waals surface area contributed by atoms with E-state index in [1.165, 1.54) is 89.5 Å². The average molecular weight is 656 g/mol. The van der Waals surface area contributed by atoms with E-state index in [2.05, 4.69) is 37.2 Å². The molecule has 0 aliphatic heterocycles. The Hall–Kier alpha value is 0. The molecule has 0 aromatic rings. The second-order valence-electron chi connectivity index (χ2n) is 13.2. The summed E-state index contributed by atoms with van der Waals surface area (Å²) in [4.78, 5) is 12.5. The third-order valence-electron chi connectivity index (χ3n) is 7.93. The number of hydrogen-bond donors (Lipinski definition) is 3. The van der Waals surface area contributed by atoms with Gasteiger partial charge in [0.15, 0.2) is 0 Å². The summed E-state index contributed by atoms with van der Waals surface area (Å²) in [5, 5.41) is 23.3. The van der Waals surface area contributed by atoms with Crippen LogP contribution in [-0.2, 0) is 19.4 Å². The molecule has 0 rings (SSSR count). The molecule has 0 aliphatic rings. The first-order chi connectivity index (χ1) is 20.4. The SMILES string of the molecule is CC(C)CCCCCCCCCCC/C=C/[C@@H](O)[C@@H](COS(=O)(=O)[O-])NC(=O)[C@H](O)CCCCCCCCCCC(C)C.[Na+]. The van der Waals surface area contributed by atoms with Gasteiger partial charge in [-0.3, -0.25) is 8.98 Å². The second kappa shape index (κ2) is 30.3. The largest absolute Gasteiger partial charge is 1.00 e. The Bertz CT molecular complexity index is 792. The van der Waals surface area contributed by atoms with Crippen molar-refractivity contribution in [3.8, 4) is 0 Å². The van der Waals surface area contributed by atoms with Crippen molar-refractivity contribution in [1.82, 2.24) is 5.32 Å². The van der Waals surface area contributed by atoms with Crippen molar-refractivity contribution in [1.29, 1.82) is 0 Å². The van der Waals surface area contributed by atoms with Crippen LogP contribution < -0.4 is 34.9 Å². The Morgan fingerprint density at radius 3 is 1.50 bits per heavy atom. The number of rotatable bonds is 30. The van der Waals surface area contributed by atoms with E-state index in [9.17, 15) is 28.0 Å². The Morgan fingerprint density at radius 2 is 1.09 bits per heavy atom. The fourth-order valence-electron chi connectivity index (χ4n) is 5.17. The molecule has 0 aliphatic carbocycles. The molecular formula is C34H66NNaO7S. The van der Waals surface area contributed by atoms with Crippen LogP contribution in [0.4, 0.5) is 0 Å². The molecule has 0 aromatic carbocycles. The maximum atomic E-state index is 12.5. The normalized spacial score (nSPS) is 14.2. The van der Waals surface area contributed by atoms with E-state index in [4.69, 9.17) is 0 Å². The average Bonchev–Trinajstić information content (AvgIpc) is 2.93. The van der Waals surface area contributed by atoms with Crippen LogP contribution in [0.2, 0.25) is 0 Å². The van der Waals surface area contributed by atoms with Gasteiger partial charge in [0.05, 0.1) is 18.8 Å². The maximum absolute atomic E-state index is 12.5. The molecule has 0 spiro atoms. The number of aliphatic hydroxyl groups excluding tert-OH is 2. The van der Waals surface area contributed by atoms with Gasteiger partial charge in [-0.15, -0.1) is 0 Å². The summed E-state index contributed by atoms with van der Waals surface area (Å²) in [6.45, 7) is 8.34. The summed E-state index contributed by atoms with van der Waals surface area (Å²) in [5.74, 6) is 0.845. The molecule has 256 valence electrons. The number of carbonyl (C=O) groups is 1. The molecule has 0 bridgehead atoms.